The first-order valence-corrected chi connectivity index (χ1v) is 8.24. The van der Waals surface area contributed by atoms with Gasteiger partial charge in [-0.1, -0.05) is 18.2 Å². The van der Waals surface area contributed by atoms with Crippen molar-refractivity contribution < 1.29 is 14.3 Å². The van der Waals surface area contributed by atoms with E-state index in [1.54, 1.807) is 23.5 Å². The van der Waals surface area contributed by atoms with Crippen molar-refractivity contribution in [2.75, 3.05) is 0 Å². The van der Waals surface area contributed by atoms with E-state index in [-0.39, 0.29) is 5.97 Å². The summed E-state index contributed by atoms with van der Waals surface area (Å²) in [4.78, 5) is 25.0. The van der Waals surface area contributed by atoms with E-state index < -0.39 is 5.91 Å². The lowest BCUT2D eigenvalue weighted by molar-refractivity contribution is 0.0535. The van der Waals surface area contributed by atoms with Crippen molar-refractivity contribution >= 4 is 23.2 Å². The van der Waals surface area contributed by atoms with Crippen LogP contribution < -0.4 is 5.73 Å². The number of ether oxygens (including phenoxy) is 1. The predicted molar refractivity (Wildman–Crippen MR) is 92.8 cm³/mol. The molecule has 5 heteroatoms. The molecule has 0 bridgehead atoms. The summed E-state index contributed by atoms with van der Waals surface area (Å²) in [6.07, 6.45) is 0. The number of amides is 1. The van der Waals surface area contributed by atoms with Crippen molar-refractivity contribution in [3.05, 3.63) is 71.3 Å². The highest BCUT2D eigenvalue weighted by Crippen LogP contribution is 2.36. The molecule has 2 aromatic carbocycles. The van der Waals surface area contributed by atoms with Gasteiger partial charge in [0.15, 0.2) is 0 Å². The van der Waals surface area contributed by atoms with Crippen LogP contribution in [-0.4, -0.2) is 11.9 Å². The summed E-state index contributed by atoms with van der Waals surface area (Å²) in [5, 5.41) is 0. The standard InChI is InChI=1S/C19H13NO3S/c20-18(21)13-3-1-2-11(8-13)16-6-7-17(24-16)12-4-5-15-14(9-12)10-23-19(15)22/h1-9H,10H2,(H2,20,21). The Kier molecular flexibility index (Phi) is 3.43. The van der Waals surface area contributed by atoms with E-state index in [4.69, 9.17) is 10.5 Å². The van der Waals surface area contributed by atoms with E-state index in [1.165, 1.54) is 0 Å². The number of carbonyl (C=O) groups excluding carboxylic acids is 2. The number of thiophene rings is 1. The van der Waals surface area contributed by atoms with Gasteiger partial charge in [-0.15, -0.1) is 11.3 Å². The van der Waals surface area contributed by atoms with Crippen LogP contribution in [0.4, 0.5) is 0 Å². The lowest BCUT2D eigenvalue weighted by atomic mass is 10.1. The molecule has 2 N–H and O–H groups in total. The molecule has 4 rings (SSSR count). The van der Waals surface area contributed by atoms with Crippen molar-refractivity contribution in [3.8, 4) is 20.9 Å². The zero-order valence-electron chi connectivity index (χ0n) is 12.6. The molecular formula is C19H13NO3S. The molecule has 3 aromatic rings. The second-order valence-electron chi connectivity index (χ2n) is 5.56. The summed E-state index contributed by atoms with van der Waals surface area (Å²) in [6.45, 7) is 0.334. The molecule has 1 aromatic heterocycles. The van der Waals surface area contributed by atoms with Crippen LogP contribution in [0.3, 0.4) is 0 Å². The first-order valence-electron chi connectivity index (χ1n) is 7.42. The molecule has 1 aliphatic rings. The third-order valence-corrected chi connectivity index (χ3v) is 5.19. The second kappa shape index (κ2) is 5.62. The maximum atomic E-state index is 11.5. The molecule has 0 fully saturated rings. The van der Waals surface area contributed by atoms with Gasteiger partial charge in [0, 0.05) is 20.9 Å². The van der Waals surface area contributed by atoms with Crippen LogP contribution in [0.2, 0.25) is 0 Å². The molecule has 0 aliphatic carbocycles. The summed E-state index contributed by atoms with van der Waals surface area (Å²) in [7, 11) is 0. The summed E-state index contributed by atoms with van der Waals surface area (Å²) < 4.78 is 5.04. The number of nitrogens with two attached hydrogens (primary N) is 1. The highest BCUT2D eigenvalue weighted by atomic mass is 32.1. The Balaban J connectivity index is 1.69. The average molecular weight is 335 g/mol. The van der Waals surface area contributed by atoms with E-state index in [1.807, 2.05) is 42.5 Å². The van der Waals surface area contributed by atoms with Crippen molar-refractivity contribution in [1.82, 2.24) is 0 Å². The number of hydrogen-bond donors (Lipinski definition) is 1. The number of carbonyl (C=O) groups is 2. The van der Waals surface area contributed by atoms with E-state index in [9.17, 15) is 9.59 Å². The van der Waals surface area contributed by atoms with Crippen LogP contribution in [0.1, 0.15) is 26.3 Å². The lowest BCUT2D eigenvalue weighted by Gasteiger charge is -2.01. The molecule has 1 amide bonds. The fourth-order valence-corrected chi connectivity index (χ4v) is 3.76. The summed E-state index contributed by atoms with van der Waals surface area (Å²) >= 11 is 1.63. The van der Waals surface area contributed by atoms with E-state index in [0.29, 0.717) is 17.7 Å². The number of rotatable bonds is 3. The van der Waals surface area contributed by atoms with Gasteiger partial charge in [0.1, 0.15) is 6.61 Å². The van der Waals surface area contributed by atoms with Gasteiger partial charge in [-0.05, 0) is 47.5 Å². The minimum atomic E-state index is -0.433. The van der Waals surface area contributed by atoms with E-state index in [0.717, 1.165) is 26.4 Å². The van der Waals surface area contributed by atoms with Gasteiger partial charge in [-0.3, -0.25) is 4.79 Å². The number of hydrogen-bond acceptors (Lipinski definition) is 4. The van der Waals surface area contributed by atoms with Gasteiger partial charge in [0.25, 0.3) is 0 Å². The molecule has 24 heavy (non-hydrogen) atoms. The number of fused-ring (bicyclic) bond motifs is 1. The highest BCUT2D eigenvalue weighted by molar-refractivity contribution is 7.18. The van der Waals surface area contributed by atoms with Crippen molar-refractivity contribution in [3.63, 3.8) is 0 Å². The summed E-state index contributed by atoms with van der Waals surface area (Å²) in [5.41, 5.74) is 9.41. The number of cyclic esters (lactones) is 1. The van der Waals surface area contributed by atoms with Gasteiger partial charge >= 0.3 is 5.97 Å². The molecular weight excluding hydrogens is 322 g/mol. The fraction of sp³-hybridized carbons (Fsp3) is 0.0526. The van der Waals surface area contributed by atoms with E-state index >= 15 is 0 Å². The second-order valence-corrected chi connectivity index (χ2v) is 6.64. The molecule has 0 spiro atoms. The molecule has 0 saturated heterocycles. The summed E-state index contributed by atoms with van der Waals surface area (Å²) in [6, 6.07) is 17.1. The van der Waals surface area contributed by atoms with Crippen molar-refractivity contribution in [1.29, 1.82) is 0 Å². The number of benzene rings is 2. The van der Waals surface area contributed by atoms with Crippen molar-refractivity contribution in [2.24, 2.45) is 5.73 Å². The van der Waals surface area contributed by atoms with Crippen LogP contribution in [0, 0.1) is 0 Å². The number of primary amides is 1. The molecule has 2 heterocycles. The largest absolute Gasteiger partial charge is 0.457 e. The Bertz CT molecular complexity index is 974. The lowest BCUT2D eigenvalue weighted by Crippen LogP contribution is -2.10. The molecule has 0 unspecified atom stereocenters. The Labute approximate surface area is 142 Å². The molecule has 1 aliphatic heterocycles. The molecule has 0 saturated carbocycles. The normalized spacial score (nSPS) is 12.8. The first kappa shape index (κ1) is 14.7. The first-order chi connectivity index (χ1) is 11.6. The highest BCUT2D eigenvalue weighted by Gasteiger charge is 2.21. The molecule has 4 nitrogen and oxygen atoms in total. The maximum absolute atomic E-state index is 11.5. The van der Waals surface area contributed by atoms with Gasteiger partial charge in [0.2, 0.25) is 5.91 Å². The maximum Gasteiger partial charge on any atom is 0.338 e. The third kappa shape index (κ3) is 2.49. The Hall–Kier alpha value is -2.92. The van der Waals surface area contributed by atoms with Gasteiger partial charge in [-0.25, -0.2) is 4.79 Å². The summed E-state index contributed by atoms with van der Waals surface area (Å²) in [5.74, 6) is -0.691. The van der Waals surface area contributed by atoms with E-state index in [2.05, 4.69) is 0 Å². The van der Waals surface area contributed by atoms with Gasteiger partial charge < -0.3 is 10.5 Å². The third-order valence-electron chi connectivity index (χ3n) is 4.01. The topological polar surface area (TPSA) is 69.4 Å². The van der Waals surface area contributed by atoms with Gasteiger partial charge in [-0.2, -0.15) is 0 Å². The minimum absolute atomic E-state index is 0.258. The SMILES string of the molecule is NC(=O)c1cccc(-c2ccc(-c3ccc4c(c3)COC4=O)s2)c1. The number of esters is 1. The predicted octanol–water partition coefficient (Wildman–Crippen LogP) is 3.85. The van der Waals surface area contributed by atoms with Gasteiger partial charge in [0.05, 0.1) is 5.56 Å². The van der Waals surface area contributed by atoms with Crippen LogP contribution in [-0.2, 0) is 11.3 Å². The Morgan fingerprint density at radius 1 is 1.00 bits per heavy atom. The monoisotopic (exact) mass is 335 g/mol. The molecule has 118 valence electrons. The molecule has 0 atom stereocenters. The molecule has 0 radical (unpaired) electrons. The van der Waals surface area contributed by atoms with Crippen molar-refractivity contribution in [2.45, 2.75) is 6.61 Å². The van der Waals surface area contributed by atoms with Crippen LogP contribution in [0.25, 0.3) is 20.9 Å². The van der Waals surface area contributed by atoms with Crippen LogP contribution in [0.5, 0.6) is 0 Å². The Morgan fingerprint density at radius 2 is 1.75 bits per heavy atom. The average Bonchev–Trinajstić information content (AvgIpc) is 3.22. The zero-order chi connectivity index (χ0) is 16.7. The van der Waals surface area contributed by atoms with Crippen LogP contribution >= 0.6 is 11.3 Å². The Morgan fingerprint density at radius 3 is 2.50 bits per heavy atom. The minimum Gasteiger partial charge on any atom is -0.457 e. The fourth-order valence-electron chi connectivity index (χ4n) is 2.76. The quantitative estimate of drug-likeness (QED) is 0.739. The smallest absolute Gasteiger partial charge is 0.338 e. The zero-order valence-corrected chi connectivity index (χ0v) is 13.4. The van der Waals surface area contributed by atoms with Crippen LogP contribution in [0.15, 0.2) is 54.6 Å².